The first-order valence-corrected chi connectivity index (χ1v) is 9.29. The molecule has 1 aromatic carbocycles. The van der Waals surface area contributed by atoms with Crippen LogP contribution in [-0.4, -0.2) is 17.5 Å². The molecule has 7 heteroatoms. The maximum Gasteiger partial charge on any atom is 0.236 e. The Labute approximate surface area is 156 Å². The van der Waals surface area contributed by atoms with E-state index in [0.717, 1.165) is 22.7 Å². The summed E-state index contributed by atoms with van der Waals surface area (Å²) in [5, 5.41) is 8.38. The van der Waals surface area contributed by atoms with Crippen LogP contribution in [0.4, 0.5) is 4.39 Å². The third-order valence-electron chi connectivity index (χ3n) is 3.72. The minimum atomic E-state index is -0.209. The number of thiophene rings is 1. The van der Waals surface area contributed by atoms with Gasteiger partial charge in [0, 0.05) is 6.54 Å². The second-order valence-corrected chi connectivity index (χ2v) is 6.70. The second-order valence-electron chi connectivity index (χ2n) is 5.75. The van der Waals surface area contributed by atoms with E-state index in [4.69, 9.17) is 4.42 Å². The third kappa shape index (κ3) is 4.70. The summed E-state index contributed by atoms with van der Waals surface area (Å²) < 4.78 is 19.2. The predicted octanol–water partition coefficient (Wildman–Crippen LogP) is 4.11. The Hall–Kier alpha value is -2.67. The van der Waals surface area contributed by atoms with Crippen molar-refractivity contribution in [3.63, 3.8) is 0 Å². The van der Waals surface area contributed by atoms with E-state index in [2.05, 4.69) is 20.6 Å². The first-order valence-electron chi connectivity index (χ1n) is 8.41. The molecule has 0 saturated carbocycles. The predicted molar refractivity (Wildman–Crippen MR) is 103 cm³/mol. The molecule has 0 aliphatic heterocycles. The lowest BCUT2D eigenvalue weighted by molar-refractivity contribution is 0.573. The summed E-state index contributed by atoms with van der Waals surface area (Å²) in [5.41, 5.74) is 2.25. The van der Waals surface area contributed by atoms with Crippen molar-refractivity contribution in [3.8, 4) is 10.8 Å². The number of aryl methyl sites for hydroxylation is 1. The Morgan fingerprint density at radius 2 is 2.19 bits per heavy atom. The maximum absolute atomic E-state index is 13.6. The van der Waals surface area contributed by atoms with Crippen LogP contribution in [0.25, 0.3) is 10.8 Å². The number of hydrogen-bond acceptors (Lipinski definition) is 4. The Morgan fingerprint density at radius 1 is 1.31 bits per heavy atom. The SMILES string of the molecule is CCNC(=NCc1ccc(C)c(F)c1)NCc1coc(-c2cccs2)n1. The summed E-state index contributed by atoms with van der Waals surface area (Å²) in [6.07, 6.45) is 1.64. The number of aromatic nitrogens is 1. The lowest BCUT2D eigenvalue weighted by Gasteiger charge is -2.10. The molecule has 26 heavy (non-hydrogen) atoms. The van der Waals surface area contributed by atoms with Gasteiger partial charge in [0.15, 0.2) is 5.96 Å². The molecule has 2 heterocycles. The van der Waals surface area contributed by atoms with Crippen molar-refractivity contribution >= 4 is 17.3 Å². The maximum atomic E-state index is 13.6. The summed E-state index contributed by atoms with van der Waals surface area (Å²) in [6, 6.07) is 9.11. The molecule has 3 rings (SSSR count). The fourth-order valence-corrected chi connectivity index (χ4v) is 2.98. The summed E-state index contributed by atoms with van der Waals surface area (Å²) >= 11 is 1.59. The molecule has 0 fully saturated rings. The highest BCUT2D eigenvalue weighted by Crippen LogP contribution is 2.23. The van der Waals surface area contributed by atoms with E-state index < -0.39 is 0 Å². The number of guanidine groups is 1. The molecule has 136 valence electrons. The molecular weight excluding hydrogens is 351 g/mol. The van der Waals surface area contributed by atoms with Crippen molar-refractivity contribution in [1.29, 1.82) is 0 Å². The molecule has 0 spiro atoms. The fourth-order valence-electron chi connectivity index (χ4n) is 2.32. The van der Waals surface area contributed by atoms with Crippen LogP contribution in [0.3, 0.4) is 0 Å². The molecule has 0 aliphatic carbocycles. The average Bonchev–Trinajstić information content (AvgIpc) is 3.31. The zero-order valence-electron chi connectivity index (χ0n) is 14.8. The van der Waals surface area contributed by atoms with E-state index in [-0.39, 0.29) is 5.82 Å². The molecule has 5 nitrogen and oxygen atoms in total. The van der Waals surface area contributed by atoms with Gasteiger partial charge in [-0.05, 0) is 42.5 Å². The minimum absolute atomic E-state index is 0.209. The van der Waals surface area contributed by atoms with Gasteiger partial charge in [-0.1, -0.05) is 18.2 Å². The van der Waals surface area contributed by atoms with Crippen molar-refractivity contribution in [2.75, 3.05) is 6.54 Å². The zero-order valence-corrected chi connectivity index (χ0v) is 15.6. The summed E-state index contributed by atoms with van der Waals surface area (Å²) in [5.74, 6) is 1.06. The average molecular weight is 372 g/mol. The third-order valence-corrected chi connectivity index (χ3v) is 4.58. The lowest BCUT2D eigenvalue weighted by atomic mass is 10.1. The van der Waals surface area contributed by atoms with Crippen LogP contribution in [0.2, 0.25) is 0 Å². The van der Waals surface area contributed by atoms with Crippen LogP contribution in [0.5, 0.6) is 0 Å². The Kier molecular flexibility index (Phi) is 6.01. The number of aliphatic imine (C=N–C) groups is 1. The van der Waals surface area contributed by atoms with Crippen molar-refractivity contribution in [3.05, 3.63) is 64.6 Å². The molecule has 0 saturated heterocycles. The van der Waals surface area contributed by atoms with Gasteiger partial charge in [-0.25, -0.2) is 14.4 Å². The van der Waals surface area contributed by atoms with Gasteiger partial charge >= 0.3 is 0 Å². The van der Waals surface area contributed by atoms with E-state index >= 15 is 0 Å². The van der Waals surface area contributed by atoms with Gasteiger partial charge in [-0.2, -0.15) is 0 Å². The molecule has 0 bridgehead atoms. The van der Waals surface area contributed by atoms with E-state index in [9.17, 15) is 4.39 Å². The highest BCUT2D eigenvalue weighted by atomic mass is 32.1. The highest BCUT2D eigenvalue weighted by molar-refractivity contribution is 7.13. The number of nitrogens with one attached hydrogen (secondary N) is 2. The van der Waals surface area contributed by atoms with Gasteiger partial charge in [0.25, 0.3) is 0 Å². The fraction of sp³-hybridized carbons (Fsp3) is 0.263. The monoisotopic (exact) mass is 372 g/mol. The lowest BCUT2D eigenvalue weighted by Crippen LogP contribution is -2.36. The molecular formula is C19H21FN4OS. The standard InChI is InChI=1S/C19H21FN4OS/c1-3-21-19(22-10-14-7-6-13(2)16(20)9-14)23-11-15-12-25-18(24-15)17-5-4-8-26-17/h4-9,12H,3,10-11H2,1-2H3,(H2,21,22,23). The smallest absolute Gasteiger partial charge is 0.236 e. The zero-order chi connectivity index (χ0) is 18.4. The van der Waals surface area contributed by atoms with Gasteiger partial charge < -0.3 is 15.1 Å². The van der Waals surface area contributed by atoms with Gasteiger partial charge in [0.05, 0.1) is 23.7 Å². The van der Waals surface area contributed by atoms with Crippen LogP contribution >= 0.6 is 11.3 Å². The molecule has 2 aromatic heterocycles. The molecule has 0 amide bonds. The Morgan fingerprint density at radius 3 is 2.92 bits per heavy atom. The number of hydrogen-bond donors (Lipinski definition) is 2. The molecule has 3 aromatic rings. The number of nitrogens with zero attached hydrogens (tertiary/aromatic N) is 2. The topological polar surface area (TPSA) is 62.5 Å². The largest absolute Gasteiger partial charge is 0.443 e. The molecule has 2 N–H and O–H groups in total. The first kappa shape index (κ1) is 18.1. The number of rotatable bonds is 6. The van der Waals surface area contributed by atoms with E-state index in [1.165, 1.54) is 6.07 Å². The van der Waals surface area contributed by atoms with Crippen LogP contribution in [0.1, 0.15) is 23.7 Å². The van der Waals surface area contributed by atoms with Crippen molar-refractivity contribution in [2.24, 2.45) is 4.99 Å². The van der Waals surface area contributed by atoms with Gasteiger partial charge in [-0.3, -0.25) is 0 Å². The van der Waals surface area contributed by atoms with E-state index in [0.29, 0.717) is 30.5 Å². The Bertz CT molecular complexity index is 874. The number of oxazole rings is 1. The molecule has 0 unspecified atom stereocenters. The minimum Gasteiger partial charge on any atom is -0.443 e. The van der Waals surface area contributed by atoms with Gasteiger partial charge in [0.2, 0.25) is 5.89 Å². The van der Waals surface area contributed by atoms with Crippen LogP contribution in [0.15, 0.2) is 51.4 Å². The number of benzene rings is 1. The normalized spacial score (nSPS) is 11.6. The summed E-state index contributed by atoms with van der Waals surface area (Å²) in [4.78, 5) is 9.97. The van der Waals surface area contributed by atoms with Crippen LogP contribution < -0.4 is 10.6 Å². The van der Waals surface area contributed by atoms with Crippen molar-refractivity contribution in [1.82, 2.24) is 15.6 Å². The highest BCUT2D eigenvalue weighted by Gasteiger charge is 2.08. The van der Waals surface area contributed by atoms with Gasteiger partial charge in [0.1, 0.15) is 12.1 Å². The van der Waals surface area contributed by atoms with Crippen LogP contribution in [-0.2, 0) is 13.1 Å². The Balaban J connectivity index is 1.62. The number of halogens is 1. The van der Waals surface area contributed by atoms with Gasteiger partial charge in [-0.15, -0.1) is 11.3 Å². The van der Waals surface area contributed by atoms with Crippen LogP contribution in [0, 0.1) is 12.7 Å². The summed E-state index contributed by atoms with van der Waals surface area (Å²) in [7, 11) is 0. The van der Waals surface area contributed by atoms with Crippen molar-refractivity contribution < 1.29 is 8.81 Å². The molecule has 0 atom stereocenters. The quantitative estimate of drug-likeness (QED) is 0.505. The molecule has 0 aliphatic rings. The van der Waals surface area contributed by atoms with Crippen molar-refractivity contribution in [2.45, 2.75) is 26.9 Å². The molecule has 0 radical (unpaired) electrons. The second kappa shape index (κ2) is 8.62. The summed E-state index contributed by atoms with van der Waals surface area (Å²) in [6.45, 7) is 5.35. The first-order chi connectivity index (χ1) is 12.7. The van der Waals surface area contributed by atoms with E-state index in [1.807, 2.05) is 30.5 Å². The van der Waals surface area contributed by atoms with E-state index in [1.54, 1.807) is 30.6 Å².